The van der Waals surface area contributed by atoms with Crippen molar-refractivity contribution in [1.29, 1.82) is 0 Å². The third kappa shape index (κ3) is 4.36. The molecule has 0 spiro atoms. The molecule has 0 aliphatic carbocycles. The van der Waals surface area contributed by atoms with Crippen LogP contribution in [0, 0.1) is 0 Å². The fourth-order valence-electron chi connectivity index (χ4n) is 1.76. The SMILES string of the molecule is CC(F)(F)C(F)(F)C(F)(F)C(F)(F)C(F)(F)C(F)(F)C(F)(F)C(F)(F)OC(F)(C(F)(F)F)C(F)(F)F. The summed E-state index contributed by atoms with van der Waals surface area (Å²) in [4.78, 5) is 0. The van der Waals surface area contributed by atoms with E-state index < -0.39 is 72.7 Å². The van der Waals surface area contributed by atoms with Crippen molar-refractivity contribution < 1.29 is 106 Å². The molecule has 0 saturated heterocycles. The van der Waals surface area contributed by atoms with Crippen LogP contribution in [0.4, 0.5) is 101 Å². The number of hydrogen-bond acceptors (Lipinski definition) is 1. The molecule has 0 atom stereocenters. The van der Waals surface area contributed by atoms with Gasteiger partial charge in [0.05, 0.1) is 0 Å². The average molecular weight is 600 g/mol. The molecule has 0 fully saturated rings. The Balaban J connectivity index is 7.01. The van der Waals surface area contributed by atoms with Crippen LogP contribution in [0.1, 0.15) is 6.92 Å². The minimum atomic E-state index is -9.17. The van der Waals surface area contributed by atoms with Gasteiger partial charge in [0, 0.05) is 6.92 Å². The molecule has 0 aliphatic rings. The van der Waals surface area contributed by atoms with E-state index in [0.29, 0.717) is 0 Å². The lowest BCUT2D eigenvalue weighted by molar-refractivity contribution is -0.528. The Kier molecular flexibility index (Phi) is 7.80. The summed E-state index contributed by atoms with van der Waals surface area (Å²) >= 11 is 0. The van der Waals surface area contributed by atoms with Gasteiger partial charge in [-0.3, -0.25) is 4.74 Å². The molecule has 218 valence electrons. The maximum atomic E-state index is 13.4. The van der Waals surface area contributed by atoms with E-state index in [0.717, 1.165) is 4.74 Å². The molecular formula is C12H3F23O. The van der Waals surface area contributed by atoms with Gasteiger partial charge in [0.15, 0.2) is 0 Å². The van der Waals surface area contributed by atoms with Crippen LogP contribution in [0.5, 0.6) is 0 Å². The lowest BCUT2D eigenvalue weighted by Crippen LogP contribution is -2.75. The molecule has 0 N–H and O–H groups in total. The normalized spacial score (nSPS) is 17.0. The van der Waals surface area contributed by atoms with Crippen LogP contribution in [0.15, 0.2) is 0 Å². The molecule has 24 heteroatoms. The molecule has 0 rings (SSSR count). The molecular weight excluding hydrogens is 597 g/mol. The van der Waals surface area contributed by atoms with Crippen molar-refractivity contribution in [3.63, 3.8) is 0 Å². The molecule has 0 unspecified atom stereocenters. The van der Waals surface area contributed by atoms with E-state index >= 15 is 0 Å². The van der Waals surface area contributed by atoms with Crippen LogP contribution in [0.25, 0.3) is 0 Å². The van der Waals surface area contributed by atoms with Crippen LogP contribution in [-0.4, -0.2) is 65.8 Å². The van der Waals surface area contributed by atoms with Gasteiger partial charge in [-0.15, -0.1) is 0 Å². The molecule has 0 aromatic carbocycles. The average Bonchev–Trinajstić information content (AvgIpc) is 2.57. The molecule has 0 amide bonds. The second kappa shape index (κ2) is 8.17. The van der Waals surface area contributed by atoms with E-state index in [4.69, 9.17) is 0 Å². The minimum Gasteiger partial charge on any atom is -0.262 e. The van der Waals surface area contributed by atoms with E-state index in [2.05, 4.69) is 0 Å². The summed E-state index contributed by atoms with van der Waals surface area (Å²) in [6.07, 6.45) is -24.6. The van der Waals surface area contributed by atoms with Gasteiger partial charge < -0.3 is 0 Å². The van der Waals surface area contributed by atoms with Gasteiger partial charge in [0.25, 0.3) is 0 Å². The van der Waals surface area contributed by atoms with E-state index in [1.54, 1.807) is 0 Å². The van der Waals surface area contributed by atoms with Crippen molar-refractivity contribution in [2.75, 3.05) is 0 Å². The van der Waals surface area contributed by atoms with Crippen molar-refractivity contribution in [3.8, 4) is 0 Å². The van der Waals surface area contributed by atoms with Crippen molar-refractivity contribution >= 4 is 0 Å². The first kappa shape index (κ1) is 34.4. The van der Waals surface area contributed by atoms with Gasteiger partial charge in [-0.2, -0.15) is 101 Å². The van der Waals surface area contributed by atoms with Gasteiger partial charge in [0.2, 0.25) is 0 Å². The summed E-state index contributed by atoms with van der Waals surface area (Å²) < 4.78 is 297. The summed E-state index contributed by atoms with van der Waals surface area (Å²) in [5.41, 5.74) is 0. The first-order chi connectivity index (χ1) is 15.0. The topological polar surface area (TPSA) is 9.23 Å². The molecule has 0 aliphatic heterocycles. The van der Waals surface area contributed by atoms with E-state index in [1.807, 2.05) is 0 Å². The van der Waals surface area contributed by atoms with Gasteiger partial charge >= 0.3 is 65.8 Å². The number of hydrogen-bond donors (Lipinski definition) is 0. The predicted molar refractivity (Wildman–Crippen MR) is 62.3 cm³/mol. The van der Waals surface area contributed by atoms with Gasteiger partial charge in [-0.1, -0.05) is 0 Å². The first-order valence-corrected chi connectivity index (χ1v) is 7.50. The highest BCUT2D eigenvalue weighted by molar-refractivity contribution is 5.15. The van der Waals surface area contributed by atoms with Gasteiger partial charge in [-0.05, 0) is 0 Å². The molecule has 0 aromatic heterocycles. The van der Waals surface area contributed by atoms with Gasteiger partial charge in [-0.25, -0.2) is 0 Å². The maximum Gasteiger partial charge on any atom is 0.458 e. The second-order valence-corrected chi connectivity index (χ2v) is 6.54. The van der Waals surface area contributed by atoms with Crippen LogP contribution in [0.3, 0.4) is 0 Å². The Morgan fingerprint density at radius 1 is 0.333 bits per heavy atom. The van der Waals surface area contributed by atoms with Crippen molar-refractivity contribution in [1.82, 2.24) is 0 Å². The van der Waals surface area contributed by atoms with Crippen LogP contribution in [-0.2, 0) is 4.74 Å². The lowest BCUT2D eigenvalue weighted by Gasteiger charge is -2.43. The van der Waals surface area contributed by atoms with Crippen LogP contribution < -0.4 is 0 Å². The highest BCUT2D eigenvalue weighted by Crippen LogP contribution is 2.64. The Labute approximate surface area is 180 Å². The van der Waals surface area contributed by atoms with Crippen LogP contribution >= 0.6 is 0 Å². The quantitative estimate of drug-likeness (QED) is 0.245. The third-order valence-corrected chi connectivity index (χ3v) is 3.89. The Bertz CT molecular complexity index is 779. The Morgan fingerprint density at radius 3 is 0.778 bits per heavy atom. The van der Waals surface area contributed by atoms with E-state index in [9.17, 15) is 101 Å². The summed E-state index contributed by atoms with van der Waals surface area (Å²) in [5, 5.41) is 0. The first-order valence-electron chi connectivity index (χ1n) is 7.50. The zero-order chi connectivity index (χ0) is 30.2. The fraction of sp³-hybridized carbons (Fsp3) is 1.00. The molecule has 0 heterocycles. The Morgan fingerprint density at radius 2 is 0.556 bits per heavy atom. The van der Waals surface area contributed by atoms with Crippen molar-refractivity contribution in [2.24, 2.45) is 0 Å². The minimum absolute atomic E-state index is 0.907. The molecule has 0 saturated carbocycles. The Hall–Kier alpha value is -1.65. The fourth-order valence-corrected chi connectivity index (χ4v) is 1.76. The van der Waals surface area contributed by atoms with Gasteiger partial charge in [0.1, 0.15) is 0 Å². The maximum absolute atomic E-state index is 13.4. The number of alkyl halides is 23. The molecule has 0 aromatic rings. The molecule has 1 nitrogen and oxygen atoms in total. The monoisotopic (exact) mass is 600 g/mol. The number of ether oxygens (including phenoxy) is 1. The molecule has 36 heavy (non-hydrogen) atoms. The lowest BCUT2D eigenvalue weighted by atomic mass is 9.89. The summed E-state index contributed by atoms with van der Waals surface area (Å²) in [5.74, 6) is -67.5. The van der Waals surface area contributed by atoms with E-state index in [-0.39, 0.29) is 0 Å². The number of rotatable bonds is 9. The third-order valence-electron chi connectivity index (χ3n) is 3.89. The highest BCUT2D eigenvalue weighted by atomic mass is 19.4. The standard InChI is InChI=1S/C12H3F23O/c1-2(13,14)3(15,16)4(17,18)5(19,20)6(21,22)7(23,24)8(25,26)12(34,35)36-9(27,10(28,29)30)11(31,32)33/h1H3. The van der Waals surface area contributed by atoms with Crippen molar-refractivity contribution in [2.45, 2.75) is 72.7 Å². The van der Waals surface area contributed by atoms with E-state index in [1.165, 1.54) is 0 Å². The number of halogens is 23. The summed E-state index contributed by atoms with van der Waals surface area (Å²) in [7, 11) is 0. The predicted octanol–water partition coefficient (Wildman–Crippen LogP) is 7.85. The molecule has 0 bridgehead atoms. The van der Waals surface area contributed by atoms with Crippen molar-refractivity contribution in [3.05, 3.63) is 0 Å². The zero-order valence-electron chi connectivity index (χ0n) is 15.6. The smallest absolute Gasteiger partial charge is 0.262 e. The summed E-state index contributed by atoms with van der Waals surface area (Å²) in [6.45, 7) is -1.45. The molecule has 0 radical (unpaired) electrons. The highest BCUT2D eigenvalue weighted by Gasteiger charge is 2.95. The zero-order valence-corrected chi connectivity index (χ0v) is 15.6. The summed E-state index contributed by atoms with van der Waals surface area (Å²) in [6, 6.07) is 0. The largest absolute Gasteiger partial charge is 0.458 e. The second-order valence-electron chi connectivity index (χ2n) is 6.54. The van der Waals surface area contributed by atoms with Crippen LogP contribution in [0.2, 0.25) is 0 Å².